The molecule has 0 radical (unpaired) electrons. The number of ether oxygens (including phenoxy) is 2. The van der Waals surface area contributed by atoms with E-state index in [1.807, 2.05) is 0 Å². The molecule has 33 heavy (non-hydrogen) atoms. The lowest BCUT2D eigenvalue weighted by molar-refractivity contribution is -0.151. The summed E-state index contributed by atoms with van der Waals surface area (Å²) in [5.41, 5.74) is -0.0541. The molecule has 0 aliphatic carbocycles. The first kappa shape index (κ1) is 24.6. The maximum Gasteiger partial charge on any atom is 0.410 e. The molecule has 8 nitrogen and oxygen atoms in total. The number of nitrogens with zero attached hydrogens (tertiary/aromatic N) is 3. The normalized spacial score (nSPS) is 16.3. The van der Waals surface area contributed by atoms with Crippen molar-refractivity contribution in [1.29, 1.82) is 0 Å². The van der Waals surface area contributed by atoms with Gasteiger partial charge in [0.25, 0.3) is 0 Å². The molecule has 1 aliphatic heterocycles. The highest BCUT2D eigenvalue weighted by atomic mass is 32.1. The zero-order valence-electron chi connectivity index (χ0n) is 19.2. The number of rotatable bonds is 5. The van der Waals surface area contributed by atoms with Gasteiger partial charge in [-0.25, -0.2) is 14.2 Å². The van der Waals surface area contributed by atoms with Crippen LogP contribution in [0.4, 0.5) is 20.0 Å². The van der Waals surface area contributed by atoms with Gasteiger partial charge in [-0.2, -0.15) is 0 Å². The Morgan fingerprint density at radius 3 is 2.67 bits per heavy atom. The molecule has 1 aromatic heterocycles. The quantitative estimate of drug-likeness (QED) is 0.582. The Hall–Kier alpha value is -3.01. The number of para-hydroxylation sites is 1. The second-order valence-corrected chi connectivity index (χ2v) is 9.64. The Bertz CT molecular complexity index is 1020. The number of benzene rings is 1. The van der Waals surface area contributed by atoms with Gasteiger partial charge in [0, 0.05) is 25.4 Å². The van der Waals surface area contributed by atoms with Crippen LogP contribution in [-0.2, 0) is 25.7 Å². The van der Waals surface area contributed by atoms with Crippen LogP contribution < -0.4 is 4.90 Å². The molecule has 0 N–H and O–H groups in total. The van der Waals surface area contributed by atoms with Crippen LogP contribution in [0.1, 0.15) is 46.2 Å². The largest absolute Gasteiger partial charge is 0.459 e. The van der Waals surface area contributed by atoms with Gasteiger partial charge in [0.1, 0.15) is 18.0 Å². The first-order valence-electron chi connectivity index (χ1n) is 10.7. The minimum Gasteiger partial charge on any atom is -0.459 e. The third kappa shape index (κ3) is 6.50. The molecular weight excluding hydrogens is 449 g/mol. The fourth-order valence-corrected chi connectivity index (χ4v) is 4.29. The lowest BCUT2D eigenvalue weighted by atomic mass is 9.98. The van der Waals surface area contributed by atoms with Crippen LogP contribution in [0.2, 0.25) is 0 Å². The van der Waals surface area contributed by atoms with E-state index in [1.54, 1.807) is 38.3 Å². The molecule has 2 heterocycles. The molecule has 1 aliphatic rings. The molecule has 2 aromatic rings. The number of esters is 1. The van der Waals surface area contributed by atoms with Gasteiger partial charge in [0.15, 0.2) is 5.13 Å². The van der Waals surface area contributed by atoms with Crippen molar-refractivity contribution in [3.8, 4) is 0 Å². The number of halogens is 1. The van der Waals surface area contributed by atoms with E-state index in [-0.39, 0.29) is 29.9 Å². The van der Waals surface area contributed by atoms with Gasteiger partial charge in [0.2, 0.25) is 5.91 Å². The van der Waals surface area contributed by atoms with Crippen molar-refractivity contribution in [2.45, 2.75) is 52.7 Å². The van der Waals surface area contributed by atoms with E-state index in [9.17, 15) is 18.8 Å². The van der Waals surface area contributed by atoms with Gasteiger partial charge in [-0.15, -0.1) is 11.3 Å². The highest BCUT2D eigenvalue weighted by Gasteiger charge is 2.32. The van der Waals surface area contributed by atoms with E-state index >= 15 is 0 Å². The number of hydrogen-bond acceptors (Lipinski definition) is 7. The van der Waals surface area contributed by atoms with Crippen LogP contribution in [-0.4, -0.2) is 46.5 Å². The van der Waals surface area contributed by atoms with Crippen molar-refractivity contribution in [2.75, 3.05) is 18.0 Å². The predicted octanol–water partition coefficient (Wildman–Crippen LogP) is 4.66. The number of aromatic nitrogens is 1. The Morgan fingerprint density at radius 1 is 1.27 bits per heavy atom. The lowest BCUT2D eigenvalue weighted by Gasteiger charge is -2.33. The van der Waals surface area contributed by atoms with Crippen molar-refractivity contribution < 1.29 is 28.2 Å². The molecule has 0 spiro atoms. The topological polar surface area (TPSA) is 89.0 Å². The molecule has 1 aromatic carbocycles. The summed E-state index contributed by atoms with van der Waals surface area (Å²) < 4.78 is 25.0. The zero-order chi connectivity index (χ0) is 24.2. The van der Waals surface area contributed by atoms with Crippen LogP contribution in [0.15, 0.2) is 29.6 Å². The molecule has 1 atom stereocenters. The fraction of sp³-hybridized carbons (Fsp3) is 0.478. The van der Waals surface area contributed by atoms with Crippen molar-refractivity contribution in [1.82, 2.24) is 9.88 Å². The second-order valence-electron chi connectivity index (χ2n) is 8.80. The Labute approximate surface area is 196 Å². The van der Waals surface area contributed by atoms with E-state index in [0.717, 1.165) is 11.3 Å². The highest BCUT2D eigenvalue weighted by molar-refractivity contribution is 7.14. The number of piperidine rings is 1. The van der Waals surface area contributed by atoms with Gasteiger partial charge < -0.3 is 14.4 Å². The number of carbonyl (C=O) groups is 3. The number of carbonyl (C=O) groups excluding carboxylic acids is 3. The van der Waals surface area contributed by atoms with Crippen molar-refractivity contribution in [3.05, 3.63) is 41.2 Å². The minimum absolute atomic E-state index is 0.0821. The van der Waals surface area contributed by atoms with Crippen LogP contribution in [0.25, 0.3) is 0 Å². The third-order valence-corrected chi connectivity index (χ3v) is 5.78. The zero-order valence-corrected chi connectivity index (χ0v) is 20.0. The molecule has 1 saturated heterocycles. The van der Waals surface area contributed by atoms with E-state index < -0.39 is 29.4 Å². The van der Waals surface area contributed by atoms with Gasteiger partial charge in [-0.1, -0.05) is 12.1 Å². The summed E-state index contributed by atoms with van der Waals surface area (Å²) in [7, 11) is 0. The molecule has 178 valence electrons. The Kier molecular flexibility index (Phi) is 7.68. The average molecular weight is 478 g/mol. The van der Waals surface area contributed by atoms with Gasteiger partial charge in [-0.05, 0) is 45.7 Å². The fourth-order valence-electron chi connectivity index (χ4n) is 3.43. The summed E-state index contributed by atoms with van der Waals surface area (Å²) in [4.78, 5) is 44.1. The predicted molar refractivity (Wildman–Crippen MR) is 122 cm³/mol. The molecule has 0 unspecified atom stereocenters. The number of thiazole rings is 1. The van der Waals surface area contributed by atoms with Crippen LogP contribution in [0.3, 0.4) is 0 Å². The second kappa shape index (κ2) is 10.3. The van der Waals surface area contributed by atoms with E-state index in [1.165, 1.54) is 28.9 Å². The van der Waals surface area contributed by atoms with Gasteiger partial charge >= 0.3 is 12.1 Å². The van der Waals surface area contributed by atoms with Crippen LogP contribution in [0, 0.1) is 11.7 Å². The first-order valence-corrected chi connectivity index (χ1v) is 11.6. The Morgan fingerprint density at radius 2 is 2.00 bits per heavy atom. The van der Waals surface area contributed by atoms with Crippen molar-refractivity contribution >= 4 is 40.1 Å². The minimum atomic E-state index is -0.608. The van der Waals surface area contributed by atoms with Crippen LogP contribution in [0.5, 0.6) is 0 Å². The summed E-state index contributed by atoms with van der Waals surface area (Å²) in [6.07, 6.45) is 0.851. The summed E-state index contributed by atoms with van der Waals surface area (Å²) in [5.74, 6) is -1.79. The lowest BCUT2D eigenvalue weighted by Crippen LogP contribution is -2.45. The molecule has 2 amide bonds. The SMILES string of the molecule is CC(=O)N(c1nc(COC(=O)[C@@H]2CCCN(C(=O)OC(C)(C)C)C2)cs1)c1ccccc1F. The van der Waals surface area contributed by atoms with Crippen LogP contribution >= 0.6 is 11.3 Å². The maximum absolute atomic E-state index is 14.2. The summed E-state index contributed by atoms with van der Waals surface area (Å²) in [5, 5.41) is 1.94. The maximum atomic E-state index is 14.2. The molecular formula is C23H28FN3O5S. The smallest absolute Gasteiger partial charge is 0.410 e. The number of likely N-dealkylation sites (tertiary alicyclic amines) is 1. The molecule has 0 bridgehead atoms. The standard InChI is InChI=1S/C23H28FN3O5S/c1-15(28)27(19-10-6-5-9-18(19)24)21-25-17(14-33-21)13-31-20(29)16-8-7-11-26(12-16)22(30)32-23(2,3)4/h5-6,9-10,14,16H,7-8,11-13H2,1-4H3/t16-/m1/s1. The number of anilines is 2. The molecule has 0 saturated carbocycles. The van der Waals surface area contributed by atoms with Gasteiger partial charge in [-0.3, -0.25) is 14.5 Å². The van der Waals surface area contributed by atoms with Crippen molar-refractivity contribution in [2.24, 2.45) is 5.92 Å². The number of amides is 2. The third-order valence-electron chi connectivity index (χ3n) is 4.91. The summed E-state index contributed by atoms with van der Waals surface area (Å²) in [6, 6.07) is 5.94. The number of hydrogen-bond donors (Lipinski definition) is 0. The summed E-state index contributed by atoms with van der Waals surface area (Å²) in [6.45, 7) is 7.40. The monoisotopic (exact) mass is 477 g/mol. The van der Waals surface area contributed by atoms with Gasteiger partial charge in [0.05, 0.1) is 17.3 Å². The average Bonchev–Trinajstić information content (AvgIpc) is 3.20. The highest BCUT2D eigenvalue weighted by Crippen LogP contribution is 2.31. The summed E-state index contributed by atoms with van der Waals surface area (Å²) >= 11 is 1.15. The first-order chi connectivity index (χ1) is 15.5. The molecule has 10 heteroatoms. The molecule has 3 rings (SSSR count). The Balaban J connectivity index is 1.60. The van der Waals surface area contributed by atoms with Crippen molar-refractivity contribution in [3.63, 3.8) is 0 Å². The van der Waals surface area contributed by atoms with E-state index in [2.05, 4.69) is 4.98 Å². The molecule has 1 fully saturated rings. The van der Waals surface area contributed by atoms with E-state index in [4.69, 9.17) is 9.47 Å². The van der Waals surface area contributed by atoms with E-state index in [0.29, 0.717) is 25.1 Å².